The van der Waals surface area contributed by atoms with Gasteiger partial charge in [0.25, 0.3) is 0 Å². The quantitative estimate of drug-likeness (QED) is 0.630. The van der Waals surface area contributed by atoms with Crippen LogP contribution in [-0.2, 0) is 25.8 Å². The molecule has 0 rings (SSSR count). The third-order valence-electron chi connectivity index (χ3n) is 1.00. The van der Waals surface area contributed by atoms with Crippen molar-refractivity contribution in [2.45, 2.75) is 41.5 Å². The van der Waals surface area contributed by atoms with Gasteiger partial charge in [-0.2, -0.15) is 0 Å². The minimum absolute atomic E-state index is 0. The normalized spacial score (nSPS) is 9.00. The van der Waals surface area contributed by atoms with E-state index in [2.05, 4.69) is 0 Å². The molecule has 100 valence electrons. The van der Waals surface area contributed by atoms with Crippen molar-refractivity contribution in [3.05, 3.63) is 0 Å². The Bertz CT molecular complexity index is 77.2. The Hall–Kier alpha value is 0.750. The van der Waals surface area contributed by atoms with Crippen LogP contribution in [0.15, 0.2) is 0 Å². The zero-order valence-corrected chi connectivity index (χ0v) is 15.2. The fraction of sp³-hybridized carbons (Fsp3) is 1.00. The molecule has 0 unspecified atom stereocenters. The zero-order chi connectivity index (χ0) is 12.9. The Balaban J connectivity index is -0.0000000655. The Labute approximate surface area is 120 Å². The first-order valence-electron chi connectivity index (χ1n) is 5.55. The molecular weight excluding hydrogens is 371 g/mol. The van der Waals surface area contributed by atoms with Crippen LogP contribution in [-0.4, -0.2) is 19.8 Å². The maximum atomic E-state index is 9.63. The molecule has 0 spiro atoms. The van der Waals surface area contributed by atoms with Crippen molar-refractivity contribution in [1.29, 1.82) is 0 Å². The molecule has 0 saturated carbocycles. The molecule has 3 nitrogen and oxygen atoms in total. The third-order valence-corrected chi connectivity index (χ3v) is 1.00. The molecule has 0 aromatic carbocycles. The van der Waals surface area contributed by atoms with Crippen LogP contribution in [0.4, 0.5) is 0 Å². The predicted molar refractivity (Wildman–Crippen MR) is 59.1 cm³/mol. The summed E-state index contributed by atoms with van der Waals surface area (Å²) in [5, 5.41) is 28.9. The van der Waals surface area contributed by atoms with Gasteiger partial charge in [-0.15, -0.1) is 19.8 Å². The fourth-order valence-electron chi connectivity index (χ4n) is 0. The summed E-state index contributed by atoms with van der Waals surface area (Å²) >= 11 is 0. The summed E-state index contributed by atoms with van der Waals surface area (Å²) in [6.45, 7) is 11.6. The van der Waals surface area contributed by atoms with E-state index in [9.17, 15) is 15.3 Å². The van der Waals surface area contributed by atoms with Crippen molar-refractivity contribution in [2.24, 2.45) is 17.8 Å². The average Bonchev–Trinajstić information content (AvgIpc) is 2.19. The predicted octanol–water partition coefficient (Wildman–Crippen LogP) is 0.00560. The molecule has 0 aromatic rings. The standard InChI is InChI=1S/3C4H9O.Hf/c3*1-4(2)3-5;/h3*4H,3H2,1-2H3;/q3*-1;. The monoisotopic (exact) mass is 399 g/mol. The van der Waals surface area contributed by atoms with Gasteiger partial charge in [0.1, 0.15) is 0 Å². The van der Waals surface area contributed by atoms with Crippen LogP contribution in [0, 0.1) is 17.8 Å². The SMILES string of the molecule is CC(C)C[O-].CC(C)C[O-].CC(C)C[O-].[Hf]. The number of rotatable bonds is 3. The maximum absolute atomic E-state index is 9.63. The molecule has 0 aliphatic heterocycles. The van der Waals surface area contributed by atoms with Gasteiger partial charge < -0.3 is 15.3 Å². The Morgan fingerprint density at radius 3 is 0.625 bits per heavy atom. The molecule has 0 atom stereocenters. The van der Waals surface area contributed by atoms with E-state index in [1.165, 1.54) is 0 Å². The summed E-state index contributed by atoms with van der Waals surface area (Å²) in [7, 11) is 0. The summed E-state index contributed by atoms with van der Waals surface area (Å²) < 4.78 is 0. The van der Waals surface area contributed by atoms with Crippen molar-refractivity contribution in [3.8, 4) is 0 Å². The molecule has 0 saturated heterocycles. The summed E-state index contributed by atoms with van der Waals surface area (Å²) in [5.41, 5.74) is 0. The third kappa shape index (κ3) is 61.2. The second-order valence-corrected chi connectivity index (χ2v) is 4.68. The summed E-state index contributed by atoms with van der Waals surface area (Å²) in [4.78, 5) is 0. The summed E-state index contributed by atoms with van der Waals surface area (Å²) in [5.74, 6) is 0.986. The van der Waals surface area contributed by atoms with Gasteiger partial charge in [-0.25, -0.2) is 0 Å². The van der Waals surface area contributed by atoms with Crippen molar-refractivity contribution in [2.75, 3.05) is 19.8 Å². The molecule has 0 aromatic heterocycles. The first-order valence-corrected chi connectivity index (χ1v) is 5.55. The second kappa shape index (κ2) is 21.1. The van der Waals surface area contributed by atoms with E-state index in [0.717, 1.165) is 0 Å². The van der Waals surface area contributed by atoms with Gasteiger partial charge in [0.15, 0.2) is 0 Å². The van der Waals surface area contributed by atoms with Gasteiger partial charge in [0.2, 0.25) is 0 Å². The summed E-state index contributed by atoms with van der Waals surface area (Å²) in [6, 6.07) is 0. The fourth-order valence-corrected chi connectivity index (χ4v) is 0. The number of hydrogen-bond acceptors (Lipinski definition) is 3. The Kier molecular flexibility index (Phi) is 33.7. The van der Waals surface area contributed by atoms with E-state index >= 15 is 0 Å². The van der Waals surface area contributed by atoms with E-state index < -0.39 is 0 Å². The van der Waals surface area contributed by atoms with Gasteiger partial charge >= 0.3 is 0 Å². The molecule has 0 aliphatic rings. The average molecular weight is 398 g/mol. The minimum atomic E-state index is 0. The van der Waals surface area contributed by atoms with Crippen LogP contribution in [0.3, 0.4) is 0 Å². The number of hydrogen-bond donors (Lipinski definition) is 0. The van der Waals surface area contributed by atoms with Gasteiger partial charge in [-0.05, 0) is 0 Å². The second-order valence-electron chi connectivity index (χ2n) is 4.68. The van der Waals surface area contributed by atoms with Gasteiger partial charge in [-0.3, -0.25) is 0 Å². The van der Waals surface area contributed by atoms with Crippen LogP contribution < -0.4 is 15.3 Å². The van der Waals surface area contributed by atoms with Crippen LogP contribution in [0.5, 0.6) is 0 Å². The van der Waals surface area contributed by atoms with Crippen LogP contribution >= 0.6 is 0 Å². The first-order chi connectivity index (χ1) is 6.81. The smallest absolute Gasteiger partial charge is 0 e. The molecule has 0 heterocycles. The van der Waals surface area contributed by atoms with Crippen molar-refractivity contribution in [3.63, 3.8) is 0 Å². The van der Waals surface area contributed by atoms with Crippen LogP contribution in [0.2, 0.25) is 0 Å². The van der Waals surface area contributed by atoms with E-state index in [0.29, 0.717) is 17.8 Å². The van der Waals surface area contributed by atoms with E-state index in [1.807, 2.05) is 41.5 Å². The largest absolute Gasteiger partial charge is 0.854 e. The Morgan fingerprint density at radius 1 is 0.562 bits per heavy atom. The van der Waals surface area contributed by atoms with Gasteiger partial charge in [-0.1, -0.05) is 59.3 Å². The van der Waals surface area contributed by atoms with E-state index in [-0.39, 0.29) is 45.7 Å². The molecule has 0 radical (unpaired) electrons. The minimum Gasteiger partial charge on any atom is -0.854 e. The topological polar surface area (TPSA) is 69.2 Å². The maximum Gasteiger partial charge on any atom is 0 e. The molecular formula is C12H27HfO3-3. The molecule has 0 aliphatic carbocycles. The Morgan fingerprint density at radius 2 is 0.625 bits per heavy atom. The van der Waals surface area contributed by atoms with Gasteiger partial charge in [0, 0.05) is 25.8 Å². The molecule has 0 bridgehead atoms. The zero-order valence-electron chi connectivity index (χ0n) is 11.6. The molecule has 16 heavy (non-hydrogen) atoms. The van der Waals surface area contributed by atoms with E-state index in [4.69, 9.17) is 0 Å². The van der Waals surface area contributed by atoms with Crippen molar-refractivity contribution < 1.29 is 41.2 Å². The molecule has 4 heteroatoms. The van der Waals surface area contributed by atoms with Crippen LogP contribution in [0.1, 0.15) is 41.5 Å². The van der Waals surface area contributed by atoms with Crippen molar-refractivity contribution >= 4 is 0 Å². The summed E-state index contributed by atoms with van der Waals surface area (Å²) in [6.07, 6.45) is 0. The van der Waals surface area contributed by atoms with Crippen LogP contribution in [0.25, 0.3) is 0 Å². The van der Waals surface area contributed by atoms with Gasteiger partial charge in [0.05, 0.1) is 0 Å². The molecule has 0 fully saturated rings. The molecule has 0 N–H and O–H groups in total. The first kappa shape index (κ1) is 25.6. The van der Waals surface area contributed by atoms with E-state index in [1.54, 1.807) is 0 Å². The molecule has 0 amide bonds. The van der Waals surface area contributed by atoms with Crippen molar-refractivity contribution in [1.82, 2.24) is 0 Å².